The van der Waals surface area contributed by atoms with Crippen molar-refractivity contribution >= 4 is 5.91 Å². The van der Waals surface area contributed by atoms with Gasteiger partial charge in [-0.3, -0.25) is 4.79 Å². The molecule has 1 fully saturated rings. The molecule has 0 spiro atoms. The number of carbonyl (C=O) groups excluding carboxylic acids is 1. The number of fused-ring (bicyclic) bond motifs is 1. The maximum Gasteiger partial charge on any atom is 0.254 e. The highest BCUT2D eigenvalue weighted by Gasteiger charge is 2.31. The minimum absolute atomic E-state index is 0.164. The summed E-state index contributed by atoms with van der Waals surface area (Å²) < 4.78 is 15.9. The number of hydrogen-bond acceptors (Lipinski definition) is 6. The van der Waals surface area contributed by atoms with Crippen molar-refractivity contribution in [2.75, 3.05) is 20.2 Å². The zero-order chi connectivity index (χ0) is 18.8. The van der Waals surface area contributed by atoms with Gasteiger partial charge in [0.05, 0.1) is 12.8 Å². The second-order valence-electron chi connectivity index (χ2n) is 7.81. The fraction of sp³-hybridized carbons (Fsp3) is 0.650. The van der Waals surface area contributed by atoms with Gasteiger partial charge in [-0.1, -0.05) is 12.1 Å². The van der Waals surface area contributed by atoms with Gasteiger partial charge in [-0.05, 0) is 43.2 Å². The van der Waals surface area contributed by atoms with Crippen molar-refractivity contribution in [1.29, 1.82) is 0 Å². The molecule has 1 aliphatic carbocycles. The van der Waals surface area contributed by atoms with Crippen LogP contribution in [0.25, 0.3) is 0 Å². The molecule has 4 rings (SSSR count). The average Bonchev–Trinajstić information content (AvgIpc) is 3.32. The Kier molecular flexibility index (Phi) is 5.18. The van der Waals surface area contributed by atoms with Crippen molar-refractivity contribution in [3.8, 4) is 5.88 Å². The van der Waals surface area contributed by atoms with E-state index in [9.17, 15) is 4.79 Å². The molecular weight excluding hydrogens is 346 g/mol. The zero-order valence-electron chi connectivity index (χ0n) is 16.1. The Hall–Kier alpha value is -2.31. The Balaban J connectivity index is 1.30. The van der Waals surface area contributed by atoms with Crippen LogP contribution in [-0.4, -0.2) is 41.3 Å². The number of rotatable bonds is 5. The third-order valence-corrected chi connectivity index (χ3v) is 5.88. The summed E-state index contributed by atoms with van der Waals surface area (Å²) in [6.45, 7) is 3.84. The van der Waals surface area contributed by atoms with E-state index in [1.54, 1.807) is 13.2 Å². The number of piperidine rings is 1. The van der Waals surface area contributed by atoms with E-state index < -0.39 is 0 Å². The van der Waals surface area contributed by atoms with Crippen LogP contribution in [0.1, 0.15) is 61.3 Å². The Morgan fingerprint density at radius 1 is 1.26 bits per heavy atom. The Labute approximate surface area is 159 Å². The molecule has 0 aromatic carbocycles. The van der Waals surface area contributed by atoms with Crippen LogP contribution in [0.2, 0.25) is 0 Å². The third-order valence-electron chi connectivity index (χ3n) is 5.88. The molecule has 27 heavy (non-hydrogen) atoms. The summed E-state index contributed by atoms with van der Waals surface area (Å²) in [7, 11) is 1.54. The number of aryl methyl sites for hydroxylation is 2. The van der Waals surface area contributed by atoms with Crippen LogP contribution in [0, 0.1) is 5.92 Å². The Morgan fingerprint density at radius 3 is 2.81 bits per heavy atom. The Morgan fingerprint density at radius 2 is 2.07 bits per heavy atom. The van der Waals surface area contributed by atoms with Crippen LogP contribution >= 0.6 is 0 Å². The number of likely N-dealkylation sites (tertiary alicyclic amines) is 1. The fourth-order valence-electron chi connectivity index (χ4n) is 4.21. The van der Waals surface area contributed by atoms with Crippen LogP contribution in [-0.2, 0) is 24.1 Å². The topological polar surface area (TPSA) is 81.6 Å². The molecule has 0 bridgehead atoms. The molecular formula is C20H27N3O4. The summed E-state index contributed by atoms with van der Waals surface area (Å²) in [5, 5.41) is 8.08. The lowest BCUT2D eigenvalue weighted by atomic mass is 9.83. The summed E-state index contributed by atoms with van der Waals surface area (Å²) in [6, 6.07) is 1.73. The molecule has 7 nitrogen and oxygen atoms in total. The van der Waals surface area contributed by atoms with E-state index >= 15 is 0 Å². The highest BCUT2D eigenvalue weighted by molar-refractivity contribution is 5.76. The van der Waals surface area contributed by atoms with E-state index in [1.165, 1.54) is 12.0 Å². The van der Waals surface area contributed by atoms with Crippen molar-refractivity contribution in [3.05, 3.63) is 28.8 Å². The number of aromatic nitrogens is 2. The average molecular weight is 373 g/mol. The monoisotopic (exact) mass is 373 g/mol. The normalized spacial score (nSPS) is 20.5. The second kappa shape index (κ2) is 7.74. The molecule has 0 N–H and O–H groups in total. The van der Waals surface area contributed by atoms with Crippen LogP contribution in [0.4, 0.5) is 0 Å². The largest absolute Gasteiger partial charge is 0.479 e. The summed E-state index contributed by atoms with van der Waals surface area (Å²) in [4.78, 5) is 14.5. The zero-order valence-corrected chi connectivity index (χ0v) is 16.1. The molecule has 3 heterocycles. The summed E-state index contributed by atoms with van der Waals surface area (Å²) in [6.07, 6.45) is 6.16. The predicted molar refractivity (Wildman–Crippen MR) is 97.6 cm³/mol. The lowest BCUT2D eigenvalue weighted by Gasteiger charge is -2.31. The van der Waals surface area contributed by atoms with E-state index in [1.807, 2.05) is 4.90 Å². The first kappa shape index (κ1) is 18.1. The number of carbonyl (C=O) groups is 1. The SMILES string of the molecule is COc1cc(CCC(=O)N2CCC(c3onc4c3CC(C)CC4)CC2)on1. The minimum Gasteiger partial charge on any atom is -0.479 e. The van der Waals surface area contributed by atoms with Gasteiger partial charge in [-0.25, -0.2) is 0 Å². The molecule has 146 valence electrons. The minimum atomic E-state index is 0.164. The van der Waals surface area contributed by atoms with Crippen molar-refractivity contribution in [2.45, 2.75) is 57.8 Å². The van der Waals surface area contributed by atoms with Crippen molar-refractivity contribution in [1.82, 2.24) is 15.2 Å². The van der Waals surface area contributed by atoms with Gasteiger partial charge >= 0.3 is 0 Å². The summed E-state index contributed by atoms with van der Waals surface area (Å²) in [5.74, 6) is 3.45. The van der Waals surface area contributed by atoms with Crippen LogP contribution in [0.15, 0.2) is 15.1 Å². The molecule has 1 aliphatic heterocycles. The van der Waals surface area contributed by atoms with Crippen LogP contribution in [0.5, 0.6) is 5.88 Å². The standard InChI is InChI=1S/C20H27N3O4/c1-13-3-5-17-16(11-13)20(27-21-17)14-7-9-23(10-8-14)19(24)6-4-15-12-18(25-2)22-26-15/h12-14H,3-11H2,1-2H3. The molecule has 1 amide bonds. The second-order valence-corrected chi connectivity index (χ2v) is 7.81. The van der Waals surface area contributed by atoms with Crippen molar-refractivity contribution in [3.63, 3.8) is 0 Å². The van der Waals surface area contributed by atoms with Gasteiger partial charge in [-0.15, -0.1) is 0 Å². The summed E-state index contributed by atoms with van der Waals surface area (Å²) in [5.41, 5.74) is 2.50. The van der Waals surface area contributed by atoms with Gasteiger partial charge in [0.2, 0.25) is 5.91 Å². The maximum atomic E-state index is 12.5. The molecule has 1 saturated heterocycles. The summed E-state index contributed by atoms with van der Waals surface area (Å²) >= 11 is 0. The molecule has 7 heteroatoms. The number of methoxy groups -OCH3 is 1. The number of ether oxygens (including phenoxy) is 1. The van der Waals surface area contributed by atoms with Gasteiger partial charge < -0.3 is 18.7 Å². The molecule has 2 aromatic heterocycles. The molecule has 1 unspecified atom stereocenters. The van der Waals surface area contributed by atoms with E-state index in [2.05, 4.69) is 17.2 Å². The van der Waals surface area contributed by atoms with E-state index in [0.29, 0.717) is 36.3 Å². The van der Waals surface area contributed by atoms with E-state index in [0.717, 1.165) is 50.2 Å². The predicted octanol–water partition coefficient (Wildman–Crippen LogP) is 3.13. The van der Waals surface area contributed by atoms with Gasteiger partial charge in [0.1, 0.15) is 11.5 Å². The van der Waals surface area contributed by atoms with Gasteiger partial charge in [0.25, 0.3) is 5.88 Å². The van der Waals surface area contributed by atoms with E-state index in [-0.39, 0.29) is 5.91 Å². The lowest BCUT2D eigenvalue weighted by Crippen LogP contribution is -2.38. The van der Waals surface area contributed by atoms with Crippen LogP contribution < -0.4 is 4.74 Å². The first-order valence-electron chi connectivity index (χ1n) is 9.88. The Bertz CT molecular complexity index is 789. The first-order valence-corrected chi connectivity index (χ1v) is 9.88. The molecule has 2 aliphatic rings. The molecule has 2 aromatic rings. The molecule has 0 saturated carbocycles. The van der Waals surface area contributed by atoms with Gasteiger partial charge in [0, 0.05) is 43.5 Å². The third kappa shape index (κ3) is 3.87. The highest BCUT2D eigenvalue weighted by Crippen LogP contribution is 2.36. The number of amides is 1. The van der Waals surface area contributed by atoms with Crippen LogP contribution in [0.3, 0.4) is 0 Å². The lowest BCUT2D eigenvalue weighted by molar-refractivity contribution is -0.132. The van der Waals surface area contributed by atoms with E-state index in [4.69, 9.17) is 13.8 Å². The van der Waals surface area contributed by atoms with Crippen molar-refractivity contribution < 1.29 is 18.6 Å². The smallest absolute Gasteiger partial charge is 0.254 e. The highest BCUT2D eigenvalue weighted by atomic mass is 16.5. The first-order chi connectivity index (χ1) is 13.1. The quantitative estimate of drug-likeness (QED) is 0.801. The van der Waals surface area contributed by atoms with Crippen molar-refractivity contribution in [2.24, 2.45) is 5.92 Å². The number of nitrogens with zero attached hydrogens (tertiary/aromatic N) is 3. The van der Waals surface area contributed by atoms with Gasteiger partial charge in [-0.2, -0.15) is 0 Å². The molecule has 0 radical (unpaired) electrons. The fourth-order valence-corrected chi connectivity index (χ4v) is 4.21. The van der Waals surface area contributed by atoms with Gasteiger partial charge in [0.15, 0.2) is 0 Å². The number of hydrogen-bond donors (Lipinski definition) is 0. The molecule has 1 atom stereocenters. The maximum absolute atomic E-state index is 12.5.